The Bertz CT molecular complexity index is 3500. The van der Waals surface area contributed by atoms with E-state index in [1.54, 1.807) is 0 Å². The smallest absolute Gasteiger partial charge is 0.264 e. The van der Waals surface area contributed by atoms with E-state index in [0.29, 0.717) is 0 Å². The van der Waals surface area contributed by atoms with Crippen LogP contribution in [0.1, 0.15) is 63.8 Å². The highest BCUT2D eigenvalue weighted by Crippen LogP contribution is 2.50. The molecule has 3 aromatic heterocycles. The first kappa shape index (κ1) is 38.9. The maximum absolute atomic E-state index is 6.17. The Hall–Kier alpha value is -6.76. The zero-order valence-corrected chi connectivity index (χ0v) is 38.4. The number of para-hydroxylation sites is 2. The van der Waals surface area contributed by atoms with Crippen molar-refractivity contribution < 1.29 is 8.83 Å². The summed E-state index contributed by atoms with van der Waals surface area (Å²) < 4.78 is 14.8. The van der Waals surface area contributed by atoms with Crippen LogP contribution in [0.5, 0.6) is 0 Å². The number of hydrogen-bond acceptors (Lipinski definition) is 5. The first-order valence-corrected chi connectivity index (χ1v) is 23.2. The molecule has 0 bridgehead atoms. The number of thiophene rings is 1. The normalized spacial score (nSPS) is 13.5. The molecule has 0 aliphatic carbocycles. The topological polar surface area (TPSA) is 32.8 Å². The lowest BCUT2D eigenvalue weighted by Crippen LogP contribution is -2.60. The zero-order chi connectivity index (χ0) is 43.8. The Morgan fingerprint density at radius 2 is 1.09 bits per heavy atom. The maximum atomic E-state index is 6.17. The summed E-state index contributed by atoms with van der Waals surface area (Å²) in [4.78, 5) is 5.13. The summed E-state index contributed by atoms with van der Waals surface area (Å²) in [7, 11) is 0. The SMILES string of the molecule is Cc1cc(C(C)(C)C)cc(C)c1N1c2cccc3c2B(c2cc(-c4coc5ccccc45)ccc2N3c2ccc(-c3coc4ccccc34)cc2)c2sc3ccc(C(C)(C)C)cc3c21. The fourth-order valence-corrected chi connectivity index (χ4v) is 11.8. The van der Waals surface area contributed by atoms with Crippen LogP contribution in [-0.4, -0.2) is 6.71 Å². The predicted molar refractivity (Wildman–Crippen MR) is 273 cm³/mol. The molecule has 7 aromatic carbocycles. The first-order valence-electron chi connectivity index (χ1n) is 22.4. The molecule has 0 saturated heterocycles. The molecule has 12 rings (SSSR count). The highest BCUT2D eigenvalue weighted by atomic mass is 32.1. The Morgan fingerprint density at radius 1 is 0.500 bits per heavy atom. The largest absolute Gasteiger partial charge is 0.464 e. The van der Waals surface area contributed by atoms with E-state index in [2.05, 4.69) is 187 Å². The summed E-state index contributed by atoms with van der Waals surface area (Å²) >= 11 is 1.96. The number of rotatable bonds is 4. The van der Waals surface area contributed by atoms with Gasteiger partial charge in [-0.15, -0.1) is 11.3 Å². The highest BCUT2D eigenvalue weighted by molar-refractivity contribution is 7.33. The summed E-state index contributed by atoms with van der Waals surface area (Å²) in [6, 6.07) is 51.8. The molecule has 312 valence electrons. The van der Waals surface area contributed by atoms with E-state index < -0.39 is 0 Å². The van der Waals surface area contributed by atoms with Crippen molar-refractivity contribution in [1.29, 1.82) is 0 Å². The second-order valence-corrected chi connectivity index (χ2v) is 21.0. The van der Waals surface area contributed by atoms with Crippen LogP contribution in [0.15, 0.2) is 161 Å². The van der Waals surface area contributed by atoms with Gasteiger partial charge in [-0.25, -0.2) is 0 Å². The number of hydrogen-bond donors (Lipinski definition) is 0. The van der Waals surface area contributed by atoms with Crippen molar-refractivity contribution in [2.24, 2.45) is 0 Å². The number of anilines is 6. The third-order valence-electron chi connectivity index (χ3n) is 13.7. The lowest BCUT2D eigenvalue weighted by Gasteiger charge is -2.44. The molecular weight excluding hydrogens is 800 g/mol. The monoisotopic (exact) mass is 848 g/mol. The van der Waals surface area contributed by atoms with Gasteiger partial charge in [-0.05, 0) is 124 Å². The van der Waals surface area contributed by atoms with Gasteiger partial charge in [0.25, 0.3) is 6.71 Å². The predicted octanol–water partition coefficient (Wildman–Crippen LogP) is 15.0. The minimum atomic E-state index is -0.0108. The minimum absolute atomic E-state index is 0.00571. The van der Waals surface area contributed by atoms with Gasteiger partial charge in [0.05, 0.1) is 23.9 Å². The zero-order valence-electron chi connectivity index (χ0n) is 37.6. The molecule has 4 nitrogen and oxygen atoms in total. The van der Waals surface area contributed by atoms with Crippen LogP contribution >= 0.6 is 11.3 Å². The summed E-state index contributed by atoms with van der Waals surface area (Å²) in [6.45, 7) is 18.5. The van der Waals surface area contributed by atoms with E-state index >= 15 is 0 Å². The van der Waals surface area contributed by atoms with Gasteiger partial charge < -0.3 is 18.6 Å². The van der Waals surface area contributed by atoms with E-state index in [-0.39, 0.29) is 17.5 Å². The van der Waals surface area contributed by atoms with Gasteiger partial charge >= 0.3 is 0 Å². The van der Waals surface area contributed by atoms with Crippen LogP contribution in [0.3, 0.4) is 0 Å². The van der Waals surface area contributed by atoms with Gasteiger partial charge in [-0.1, -0.05) is 126 Å². The van der Waals surface area contributed by atoms with Crippen LogP contribution in [0.2, 0.25) is 0 Å². The Labute approximate surface area is 379 Å². The fraction of sp³-hybridized carbons (Fsp3) is 0.172. The van der Waals surface area contributed by atoms with Crippen molar-refractivity contribution in [1.82, 2.24) is 0 Å². The molecule has 2 aliphatic rings. The van der Waals surface area contributed by atoms with Crippen molar-refractivity contribution in [2.45, 2.75) is 66.2 Å². The molecule has 2 aliphatic heterocycles. The third-order valence-corrected chi connectivity index (χ3v) is 15.0. The molecule has 0 N–H and O–H groups in total. The average molecular weight is 849 g/mol. The van der Waals surface area contributed by atoms with Crippen LogP contribution in [-0.2, 0) is 10.8 Å². The molecule has 0 atom stereocenters. The Balaban J connectivity index is 1.14. The Morgan fingerprint density at radius 3 is 1.73 bits per heavy atom. The summed E-state index contributed by atoms with van der Waals surface area (Å²) in [6.07, 6.45) is 3.81. The highest BCUT2D eigenvalue weighted by Gasteiger charge is 2.46. The average Bonchev–Trinajstić information content (AvgIpc) is 4.02. The quantitative estimate of drug-likeness (QED) is 0.165. The standard InChI is InChI=1S/C58H49BN2O2S/c1-34-28-39(58(6,7)8)29-35(2)54(34)61-49-17-13-16-48-53(49)59(56-55(61)43-31-38(57(3,4)5)23-27-52(43)64-56)46-30-37(45-33-63-51-19-12-10-15-42(45)51)22-26-47(46)60(48)40-24-20-36(21-25-40)44-32-62-50-18-11-9-14-41(44)50/h9-33H,1-8H3. The fourth-order valence-electron chi connectivity index (χ4n) is 10.5. The van der Waals surface area contributed by atoms with Gasteiger partial charge in [0.15, 0.2) is 0 Å². The van der Waals surface area contributed by atoms with E-state index in [1.165, 1.54) is 76.5 Å². The van der Waals surface area contributed by atoms with E-state index in [0.717, 1.165) is 49.9 Å². The van der Waals surface area contributed by atoms with E-state index in [1.807, 2.05) is 42.1 Å². The number of nitrogens with zero attached hydrogens (tertiary/aromatic N) is 2. The lowest BCUT2D eigenvalue weighted by atomic mass is 9.36. The van der Waals surface area contributed by atoms with Crippen molar-refractivity contribution >= 4 is 99.9 Å². The van der Waals surface area contributed by atoms with Crippen molar-refractivity contribution in [3.8, 4) is 22.3 Å². The van der Waals surface area contributed by atoms with E-state index in [9.17, 15) is 0 Å². The molecule has 5 heterocycles. The van der Waals surface area contributed by atoms with Crippen molar-refractivity contribution in [3.05, 3.63) is 174 Å². The number of fused-ring (bicyclic) bond motifs is 8. The summed E-state index contributed by atoms with van der Waals surface area (Å²) in [5.74, 6) is 0. The first-order chi connectivity index (χ1) is 30.8. The number of aryl methyl sites for hydroxylation is 2. The second kappa shape index (κ2) is 13.9. The summed E-state index contributed by atoms with van der Waals surface area (Å²) in [5, 5.41) is 3.55. The van der Waals surface area contributed by atoms with Gasteiger partial charge in [0, 0.05) is 59.5 Å². The molecule has 64 heavy (non-hydrogen) atoms. The Kier molecular flexibility index (Phi) is 8.43. The molecule has 0 saturated carbocycles. The molecule has 6 heteroatoms. The molecule has 0 amide bonds. The molecule has 10 aromatic rings. The van der Waals surface area contributed by atoms with Gasteiger partial charge in [0.1, 0.15) is 11.2 Å². The third kappa shape index (κ3) is 5.81. The van der Waals surface area contributed by atoms with Gasteiger partial charge in [-0.3, -0.25) is 0 Å². The molecule has 0 spiro atoms. The molecular formula is C58H49BN2O2S. The summed E-state index contributed by atoms with van der Waals surface area (Å²) in [5.41, 5.74) is 21.4. The minimum Gasteiger partial charge on any atom is -0.464 e. The van der Waals surface area contributed by atoms with Gasteiger partial charge in [-0.2, -0.15) is 0 Å². The number of furan rings is 2. The molecule has 0 radical (unpaired) electrons. The van der Waals surface area contributed by atoms with Crippen molar-refractivity contribution in [2.75, 3.05) is 9.80 Å². The maximum Gasteiger partial charge on any atom is 0.264 e. The molecule has 0 fully saturated rings. The second-order valence-electron chi connectivity index (χ2n) is 19.9. The van der Waals surface area contributed by atoms with E-state index in [4.69, 9.17) is 8.83 Å². The van der Waals surface area contributed by atoms with Crippen LogP contribution < -0.4 is 25.5 Å². The van der Waals surface area contributed by atoms with Gasteiger partial charge in [0.2, 0.25) is 0 Å². The van der Waals surface area contributed by atoms with Crippen LogP contribution in [0, 0.1) is 13.8 Å². The van der Waals surface area contributed by atoms with Crippen LogP contribution in [0.4, 0.5) is 34.1 Å². The lowest BCUT2D eigenvalue weighted by molar-refractivity contribution is 0.589. The van der Waals surface area contributed by atoms with Crippen LogP contribution in [0.25, 0.3) is 54.3 Å². The van der Waals surface area contributed by atoms with Crippen molar-refractivity contribution in [3.63, 3.8) is 0 Å². The number of benzene rings is 7. The molecule has 0 unspecified atom stereocenters.